The van der Waals surface area contributed by atoms with E-state index in [-0.39, 0.29) is 5.91 Å². The lowest BCUT2D eigenvalue weighted by Gasteiger charge is -2.19. The Bertz CT molecular complexity index is 1570. The topological polar surface area (TPSA) is 35.9 Å². The number of amides is 1. The van der Waals surface area contributed by atoms with Gasteiger partial charge in [0.25, 0.3) is 5.91 Å². The molecule has 0 saturated carbocycles. The predicted molar refractivity (Wildman–Crippen MR) is 158 cm³/mol. The molecule has 1 amide bonds. The normalized spacial score (nSPS) is 18.3. The largest absolute Gasteiger partial charge is 0.334 e. The van der Waals surface area contributed by atoms with E-state index in [2.05, 4.69) is 48.2 Å². The summed E-state index contributed by atoms with van der Waals surface area (Å²) < 4.78 is 0. The van der Waals surface area contributed by atoms with Crippen molar-refractivity contribution >= 4 is 68.3 Å². The van der Waals surface area contributed by atoms with Gasteiger partial charge in [-0.1, -0.05) is 84.0 Å². The number of nitrogens with zero attached hydrogens (tertiary/aromatic N) is 3. The van der Waals surface area contributed by atoms with Gasteiger partial charge in [-0.15, -0.1) is 0 Å². The fourth-order valence-corrected chi connectivity index (χ4v) is 7.16. The lowest BCUT2D eigenvalue weighted by Crippen LogP contribution is -2.32. The van der Waals surface area contributed by atoms with Gasteiger partial charge in [0, 0.05) is 23.0 Å². The first-order valence-electron chi connectivity index (χ1n) is 12.2. The Kier molecular flexibility index (Phi) is 6.72. The molecule has 0 atom stereocenters. The van der Waals surface area contributed by atoms with Crippen LogP contribution in [0.5, 0.6) is 0 Å². The number of thioether (sulfide) groups is 2. The third-order valence-electron chi connectivity index (χ3n) is 6.46. The summed E-state index contributed by atoms with van der Waals surface area (Å²) in [7, 11) is 0. The summed E-state index contributed by atoms with van der Waals surface area (Å²) in [6.07, 6.45) is 0.757. The van der Waals surface area contributed by atoms with Crippen molar-refractivity contribution in [3.8, 4) is 0 Å². The minimum Gasteiger partial charge on any atom is -0.334 e. The minimum atomic E-state index is 0.000299. The molecule has 0 spiro atoms. The number of rotatable bonds is 5. The van der Waals surface area contributed by atoms with Gasteiger partial charge in [-0.3, -0.25) is 9.69 Å². The molecule has 184 valence electrons. The van der Waals surface area contributed by atoms with Crippen molar-refractivity contribution in [1.82, 2.24) is 4.90 Å². The Morgan fingerprint density at radius 2 is 1.62 bits per heavy atom. The molecular formula is C30H24ClN3OS2. The van der Waals surface area contributed by atoms with E-state index in [1.54, 1.807) is 11.8 Å². The molecule has 0 radical (unpaired) electrons. The van der Waals surface area contributed by atoms with Gasteiger partial charge >= 0.3 is 0 Å². The van der Waals surface area contributed by atoms with Crippen LogP contribution in [0.15, 0.2) is 111 Å². The van der Waals surface area contributed by atoms with E-state index in [4.69, 9.17) is 16.6 Å². The monoisotopic (exact) mass is 541 g/mol. The number of amidine groups is 1. The van der Waals surface area contributed by atoms with Crippen molar-refractivity contribution in [2.75, 3.05) is 18.0 Å². The van der Waals surface area contributed by atoms with Crippen LogP contribution >= 0.6 is 35.1 Å². The van der Waals surface area contributed by atoms with Gasteiger partial charge in [0.05, 0.1) is 11.4 Å². The van der Waals surface area contributed by atoms with E-state index in [0.717, 1.165) is 39.7 Å². The summed E-state index contributed by atoms with van der Waals surface area (Å²) >= 11 is 9.40. The zero-order valence-electron chi connectivity index (χ0n) is 20.2. The quantitative estimate of drug-likeness (QED) is 0.239. The molecule has 4 aromatic carbocycles. The van der Waals surface area contributed by atoms with E-state index in [9.17, 15) is 4.79 Å². The highest BCUT2D eigenvalue weighted by Crippen LogP contribution is 2.51. The molecule has 2 heterocycles. The van der Waals surface area contributed by atoms with Crippen LogP contribution in [0.1, 0.15) is 12.5 Å². The molecule has 4 nitrogen and oxygen atoms in total. The van der Waals surface area contributed by atoms with E-state index >= 15 is 0 Å². The predicted octanol–water partition coefficient (Wildman–Crippen LogP) is 8.10. The molecule has 1 fully saturated rings. The van der Waals surface area contributed by atoms with Crippen molar-refractivity contribution in [3.05, 3.63) is 112 Å². The molecule has 0 N–H and O–H groups in total. The number of fused-ring (bicyclic) bond motifs is 2. The maximum atomic E-state index is 13.9. The van der Waals surface area contributed by atoms with Crippen LogP contribution in [-0.2, 0) is 11.2 Å². The second-order valence-electron chi connectivity index (χ2n) is 8.81. The zero-order chi connectivity index (χ0) is 25.4. The van der Waals surface area contributed by atoms with Crippen molar-refractivity contribution in [2.24, 2.45) is 4.99 Å². The molecule has 1 saturated heterocycles. The van der Waals surface area contributed by atoms with Crippen LogP contribution in [-0.4, -0.2) is 29.1 Å². The number of carbonyl (C=O) groups excluding carboxylic acids is 1. The van der Waals surface area contributed by atoms with Gasteiger partial charge in [0.15, 0.2) is 5.17 Å². The molecule has 2 aliphatic rings. The molecule has 0 aromatic heterocycles. The van der Waals surface area contributed by atoms with Crippen LogP contribution in [0.25, 0.3) is 10.8 Å². The van der Waals surface area contributed by atoms with E-state index in [0.29, 0.717) is 21.6 Å². The Labute approximate surface area is 230 Å². The van der Waals surface area contributed by atoms with Crippen molar-refractivity contribution < 1.29 is 4.79 Å². The van der Waals surface area contributed by atoms with Crippen LogP contribution in [0.4, 0.5) is 11.4 Å². The van der Waals surface area contributed by atoms with Crippen LogP contribution in [0.2, 0.25) is 5.02 Å². The highest BCUT2D eigenvalue weighted by Gasteiger charge is 2.39. The summed E-state index contributed by atoms with van der Waals surface area (Å²) in [6, 6.07) is 30.6. The Balaban J connectivity index is 1.39. The SMILES string of the molecule is CCN1/C(=C2/SC(=Nc3ccc4ccccc4c3)N(CCc3ccccc3)C2=O)Sc2ccc(Cl)cc21. The smallest absolute Gasteiger partial charge is 0.269 e. The summed E-state index contributed by atoms with van der Waals surface area (Å²) in [5.74, 6) is 0.000299. The highest BCUT2D eigenvalue weighted by atomic mass is 35.5. The highest BCUT2D eigenvalue weighted by molar-refractivity contribution is 8.19. The number of halogens is 1. The number of anilines is 1. The molecule has 0 bridgehead atoms. The molecule has 0 unspecified atom stereocenters. The van der Waals surface area contributed by atoms with Gasteiger partial charge in [0.2, 0.25) is 0 Å². The van der Waals surface area contributed by atoms with Gasteiger partial charge in [0.1, 0.15) is 9.93 Å². The number of benzene rings is 4. The number of hydrogen-bond donors (Lipinski definition) is 0. The summed E-state index contributed by atoms with van der Waals surface area (Å²) in [5.41, 5.74) is 3.08. The lowest BCUT2D eigenvalue weighted by atomic mass is 10.1. The third-order valence-corrected chi connectivity index (χ3v) is 9.08. The summed E-state index contributed by atoms with van der Waals surface area (Å²) in [5, 5.41) is 4.65. The molecule has 0 aliphatic carbocycles. The minimum absolute atomic E-state index is 0.000299. The molecule has 37 heavy (non-hydrogen) atoms. The van der Waals surface area contributed by atoms with Gasteiger partial charge < -0.3 is 4.90 Å². The Hall–Kier alpha value is -3.19. The van der Waals surface area contributed by atoms with E-state index in [1.807, 2.05) is 59.5 Å². The maximum absolute atomic E-state index is 13.9. The van der Waals surface area contributed by atoms with E-state index < -0.39 is 0 Å². The number of aliphatic imine (C=N–C) groups is 1. The zero-order valence-corrected chi connectivity index (χ0v) is 22.6. The first kappa shape index (κ1) is 24.2. The lowest BCUT2D eigenvalue weighted by molar-refractivity contribution is -0.122. The first-order chi connectivity index (χ1) is 18.1. The van der Waals surface area contributed by atoms with Gasteiger partial charge in [-0.05, 0) is 71.8 Å². The molecular weight excluding hydrogens is 518 g/mol. The summed E-state index contributed by atoms with van der Waals surface area (Å²) in [6.45, 7) is 3.40. The van der Waals surface area contributed by atoms with Crippen LogP contribution in [0.3, 0.4) is 0 Å². The number of hydrogen-bond acceptors (Lipinski definition) is 5. The van der Waals surface area contributed by atoms with Gasteiger partial charge in [-0.2, -0.15) is 0 Å². The average Bonchev–Trinajstić information content (AvgIpc) is 3.43. The molecule has 2 aliphatic heterocycles. The summed E-state index contributed by atoms with van der Waals surface area (Å²) in [4.78, 5) is 24.7. The average molecular weight is 542 g/mol. The third kappa shape index (κ3) is 4.77. The molecule has 6 rings (SSSR count). The Morgan fingerprint density at radius 1 is 0.838 bits per heavy atom. The number of carbonyl (C=O) groups is 1. The Morgan fingerprint density at radius 3 is 2.43 bits per heavy atom. The molecule has 4 aromatic rings. The second kappa shape index (κ2) is 10.3. The fraction of sp³-hybridized carbons (Fsp3) is 0.133. The van der Waals surface area contributed by atoms with Gasteiger partial charge in [-0.25, -0.2) is 4.99 Å². The standard InChI is InChI=1S/C30H24ClN3OS2/c1-2-33-25-19-23(31)13-15-26(25)36-29(33)27-28(35)34(17-16-20-8-4-3-5-9-20)30(37-27)32-24-14-12-21-10-6-7-11-22(21)18-24/h3-15,18-19H,2,16-17H2,1H3/b29-27-,32-30?. The maximum Gasteiger partial charge on any atom is 0.269 e. The van der Waals surface area contributed by atoms with Crippen LogP contribution < -0.4 is 4.90 Å². The second-order valence-corrected chi connectivity index (χ2v) is 11.3. The first-order valence-corrected chi connectivity index (χ1v) is 14.2. The fourth-order valence-electron chi connectivity index (χ4n) is 4.60. The molecule has 7 heteroatoms. The van der Waals surface area contributed by atoms with Crippen molar-refractivity contribution in [1.29, 1.82) is 0 Å². The van der Waals surface area contributed by atoms with Crippen molar-refractivity contribution in [3.63, 3.8) is 0 Å². The van der Waals surface area contributed by atoms with Crippen LogP contribution in [0, 0.1) is 0 Å². The van der Waals surface area contributed by atoms with Crippen molar-refractivity contribution in [2.45, 2.75) is 18.2 Å². The van der Waals surface area contributed by atoms with E-state index in [1.165, 1.54) is 22.7 Å².